The van der Waals surface area contributed by atoms with Crippen LogP contribution in [0.5, 0.6) is 11.8 Å². The summed E-state index contributed by atoms with van der Waals surface area (Å²) in [6, 6.07) is 18.0. The lowest BCUT2D eigenvalue weighted by Gasteiger charge is -2.08. The van der Waals surface area contributed by atoms with Gasteiger partial charge in [-0.2, -0.15) is 0 Å². The molecule has 0 spiro atoms. The third kappa shape index (κ3) is 6.35. The van der Waals surface area contributed by atoms with Crippen molar-refractivity contribution in [2.75, 3.05) is 6.54 Å². The highest BCUT2D eigenvalue weighted by Gasteiger charge is 2.01. The largest absolute Gasteiger partial charge is 0.424 e. The van der Waals surface area contributed by atoms with Gasteiger partial charge in [0, 0.05) is 24.0 Å². The SMILES string of the molecule is Cl.Clc1ccc(CCNCc2cccc(Oc3ncccn3)c2)cc1. The van der Waals surface area contributed by atoms with E-state index in [-0.39, 0.29) is 12.4 Å². The lowest BCUT2D eigenvalue weighted by molar-refractivity contribution is 0.441. The number of ether oxygens (including phenoxy) is 1. The van der Waals surface area contributed by atoms with Crippen LogP contribution in [0.2, 0.25) is 5.02 Å². The molecule has 4 nitrogen and oxygen atoms in total. The van der Waals surface area contributed by atoms with Crippen LogP contribution in [0, 0.1) is 0 Å². The van der Waals surface area contributed by atoms with E-state index in [9.17, 15) is 0 Å². The second kappa shape index (κ2) is 9.99. The molecule has 130 valence electrons. The normalized spacial score (nSPS) is 10.1. The van der Waals surface area contributed by atoms with Crippen molar-refractivity contribution < 1.29 is 4.74 Å². The monoisotopic (exact) mass is 375 g/mol. The van der Waals surface area contributed by atoms with Crippen molar-refractivity contribution in [3.05, 3.63) is 83.1 Å². The highest BCUT2D eigenvalue weighted by molar-refractivity contribution is 6.30. The molecule has 0 aliphatic carbocycles. The molecular formula is C19H19Cl2N3O. The fourth-order valence-electron chi connectivity index (χ4n) is 2.28. The molecule has 0 aliphatic heterocycles. The van der Waals surface area contributed by atoms with E-state index in [0.717, 1.165) is 35.8 Å². The quantitative estimate of drug-likeness (QED) is 0.609. The van der Waals surface area contributed by atoms with Gasteiger partial charge in [0.15, 0.2) is 0 Å². The number of benzene rings is 2. The zero-order chi connectivity index (χ0) is 16.6. The highest BCUT2D eigenvalue weighted by Crippen LogP contribution is 2.18. The lowest BCUT2D eigenvalue weighted by atomic mass is 10.1. The van der Waals surface area contributed by atoms with Gasteiger partial charge < -0.3 is 10.1 Å². The van der Waals surface area contributed by atoms with Gasteiger partial charge >= 0.3 is 6.01 Å². The van der Waals surface area contributed by atoms with Gasteiger partial charge in [0.2, 0.25) is 0 Å². The average Bonchev–Trinajstić information content (AvgIpc) is 2.61. The summed E-state index contributed by atoms with van der Waals surface area (Å²) in [6.07, 6.45) is 4.28. The molecule has 25 heavy (non-hydrogen) atoms. The van der Waals surface area contributed by atoms with Gasteiger partial charge in [0.25, 0.3) is 0 Å². The minimum atomic E-state index is 0. The number of nitrogens with one attached hydrogen (secondary N) is 1. The van der Waals surface area contributed by atoms with Gasteiger partial charge in [-0.25, -0.2) is 9.97 Å². The second-order valence-electron chi connectivity index (χ2n) is 5.33. The molecule has 1 heterocycles. The second-order valence-corrected chi connectivity index (χ2v) is 5.77. The fraction of sp³-hybridized carbons (Fsp3) is 0.158. The third-order valence-electron chi connectivity index (χ3n) is 3.48. The van der Waals surface area contributed by atoms with Crippen molar-refractivity contribution in [2.45, 2.75) is 13.0 Å². The molecular weight excluding hydrogens is 357 g/mol. The summed E-state index contributed by atoms with van der Waals surface area (Å²) in [4.78, 5) is 8.12. The summed E-state index contributed by atoms with van der Waals surface area (Å²) in [6.45, 7) is 1.68. The minimum Gasteiger partial charge on any atom is -0.424 e. The topological polar surface area (TPSA) is 47.0 Å². The first-order chi connectivity index (χ1) is 11.8. The predicted octanol–water partition coefficient (Wildman–Crippen LogP) is 4.68. The molecule has 6 heteroatoms. The van der Waals surface area contributed by atoms with E-state index < -0.39 is 0 Å². The van der Waals surface area contributed by atoms with Crippen molar-refractivity contribution in [1.82, 2.24) is 15.3 Å². The van der Waals surface area contributed by atoms with Crippen LogP contribution in [0.3, 0.4) is 0 Å². The van der Waals surface area contributed by atoms with Crippen LogP contribution in [-0.4, -0.2) is 16.5 Å². The fourth-order valence-corrected chi connectivity index (χ4v) is 2.40. The van der Waals surface area contributed by atoms with E-state index in [1.165, 1.54) is 5.56 Å². The third-order valence-corrected chi connectivity index (χ3v) is 3.73. The van der Waals surface area contributed by atoms with E-state index in [1.54, 1.807) is 18.5 Å². The number of aromatic nitrogens is 2. The molecule has 0 radical (unpaired) electrons. The van der Waals surface area contributed by atoms with Crippen molar-refractivity contribution >= 4 is 24.0 Å². The van der Waals surface area contributed by atoms with Gasteiger partial charge in [0.1, 0.15) is 5.75 Å². The molecule has 0 unspecified atom stereocenters. The van der Waals surface area contributed by atoms with Crippen LogP contribution < -0.4 is 10.1 Å². The van der Waals surface area contributed by atoms with Crippen LogP contribution in [0.15, 0.2) is 67.0 Å². The number of nitrogens with zero attached hydrogens (tertiary/aromatic N) is 2. The first-order valence-corrected chi connectivity index (χ1v) is 8.16. The van der Waals surface area contributed by atoms with E-state index in [1.807, 2.05) is 30.3 Å². The zero-order valence-corrected chi connectivity index (χ0v) is 15.1. The minimum absolute atomic E-state index is 0. The van der Waals surface area contributed by atoms with Gasteiger partial charge in [-0.1, -0.05) is 35.9 Å². The van der Waals surface area contributed by atoms with Crippen LogP contribution in [0.1, 0.15) is 11.1 Å². The number of rotatable bonds is 7. The maximum absolute atomic E-state index is 5.89. The van der Waals surface area contributed by atoms with Gasteiger partial charge in [0.05, 0.1) is 0 Å². The molecule has 0 saturated carbocycles. The van der Waals surface area contributed by atoms with Crippen LogP contribution in [-0.2, 0) is 13.0 Å². The van der Waals surface area contributed by atoms with Gasteiger partial charge in [-0.15, -0.1) is 12.4 Å². The molecule has 3 aromatic rings. The molecule has 0 saturated heterocycles. The Labute approximate surface area is 158 Å². The molecule has 0 bridgehead atoms. The molecule has 0 atom stereocenters. The van der Waals surface area contributed by atoms with Gasteiger partial charge in [-0.05, 0) is 54.4 Å². The Bertz CT molecular complexity index is 767. The Morgan fingerprint density at radius 2 is 1.68 bits per heavy atom. The van der Waals surface area contributed by atoms with Crippen LogP contribution in [0.4, 0.5) is 0 Å². The van der Waals surface area contributed by atoms with E-state index >= 15 is 0 Å². The predicted molar refractivity (Wildman–Crippen MR) is 103 cm³/mol. The number of halogens is 2. The summed E-state index contributed by atoms with van der Waals surface area (Å²) < 4.78 is 5.64. The smallest absolute Gasteiger partial charge is 0.321 e. The Morgan fingerprint density at radius 1 is 0.920 bits per heavy atom. The standard InChI is InChI=1S/C19H18ClN3O.ClH/c20-17-7-5-15(6-8-17)9-12-21-14-16-3-1-4-18(13-16)24-19-22-10-2-11-23-19;/h1-8,10-11,13,21H,9,12,14H2;1H. The number of hydrogen-bond acceptors (Lipinski definition) is 4. The molecule has 1 N–H and O–H groups in total. The maximum atomic E-state index is 5.89. The Morgan fingerprint density at radius 3 is 2.44 bits per heavy atom. The summed E-state index contributed by atoms with van der Waals surface area (Å²) >= 11 is 5.89. The van der Waals surface area contributed by atoms with Crippen molar-refractivity contribution in [3.63, 3.8) is 0 Å². The first-order valence-electron chi connectivity index (χ1n) is 7.78. The number of hydrogen-bond donors (Lipinski definition) is 1. The summed E-state index contributed by atoms with van der Waals surface area (Å²) in [5.74, 6) is 0.734. The summed E-state index contributed by atoms with van der Waals surface area (Å²) in [7, 11) is 0. The van der Waals surface area contributed by atoms with Gasteiger partial charge in [-0.3, -0.25) is 0 Å². The molecule has 0 aliphatic rings. The Balaban J connectivity index is 0.00000225. The van der Waals surface area contributed by atoms with Crippen molar-refractivity contribution in [1.29, 1.82) is 0 Å². The molecule has 1 aromatic heterocycles. The first kappa shape index (κ1) is 19.2. The lowest BCUT2D eigenvalue weighted by Crippen LogP contribution is -2.16. The highest BCUT2D eigenvalue weighted by atomic mass is 35.5. The Hall–Kier alpha value is -2.14. The molecule has 0 amide bonds. The summed E-state index contributed by atoms with van der Waals surface area (Å²) in [5.41, 5.74) is 2.42. The van der Waals surface area contributed by atoms with E-state index in [4.69, 9.17) is 16.3 Å². The van der Waals surface area contributed by atoms with Crippen molar-refractivity contribution in [3.8, 4) is 11.8 Å². The van der Waals surface area contributed by atoms with Crippen LogP contribution >= 0.6 is 24.0 Å². The van der Waals surface area contributed by atoms with Crippen molar-refractivity contribution in [2.24, 2.45) is 0 Å². The average molecular weight is 376 g/mol. The molecule has 2 aromatic carbocycles. The zero-order valence-electron chi connectivity index (χ0n) is 13.6. The Kier molecular flexibility index (Phi) is 7.67. The maximum Gasteiger partial charge on any atom is 0.321 e. The summed E-state index contributed by atoms with van der Waals surface area (Å²) in [5, 5.41) is 4.21. The van der Waals surface area contributed by atoms with E-state index in [2.05, 4.69) is 33.5 Å². The molecule has 3 rings (SSSR count). The van der Waals surface area contributed by atoms with Crippen LogP contribution in [0.25, 0.3) is 0 Å². The van der Waals surface area contributed by atoms with E-state index in [0.29, 0.717) is 6.01 Å². The molecule has 0 fully saturated rings.